The fraction of sp³-hybridized carbons (Fsp3) is 0.0714. The average molecular weight is 240 g/mol. The number of rotatable bonds is 1. The predicted molar refractivity (Wildman–Crippen MR) is 70.8 cm³/mol. The zero-order valence-electron chi connectivity index (χ0n) is 9.82. The van der Waals surface area contributed by atoms with E-state index < -0.39 is 0 Å². The van der Waals surface area contributed by atoms with Crippen LogP contribution in [-0.4, -0.2) is 15.1 Å². The molecule has 0 saturated heterocycles. The van der Waals surface area contributed by atoms with Gasteiger partial charge in [0.1, 0.15) is 5.75 Å². The summed E-state index contributed by atoms with van der Waals surface area (Å²) >= 11 is 0. The van der Waals surface area contributed by atoms with Crippen molar-refractivity contribution in [1.82, 2.24) is 9.97 Å². The normalized spacial score (nSPS) is 10.9. The summed E-state index contributed by atoms with van der Waals surface area (Å²) < 4.78 is 0. The molecule has 3 rings (SSSR count). The van der Waals surface area contributed by atoms with Gasteiger partial charge in [0, 0.05) is 5.56 Å². The molecule has 0 unspecified atom stereocenters. The summed E-state index contributed by atoms with van der Waals surface area (Å²) in [5.41, 5.74) is 4.06. The highest BCUT2D eigenvalue weighted by atomic mass is 16.3. The molecule has 0 aliphatic heterocycles. The number of aromatic nitrogens is 2. The molecule has 0 atom stereocenters. The maximum atomic E-state index is 11.3. The van der Waals surface area contributed by atoms with Crippen molar-refractivity contribution in [2.75, 3.05) is 0 Å². The Kier molecular flexibility index (Phi) is 2.23. The molecule has 0 aliphatic carbocycles. The van der Waals surface area contributed by atoms with Gasteiger partial charge < -0.3 is 15.1 Å². The first-order valence-corrected chi connectivity index (χ1v) is 5.66. The van der Waals surface area contributed by atoms with E-state index in [1.807, 2.05) is 37.3 Å². The first-order chi connectivity index (χ1) is 8.65. The van der Waals surface area contributed by atoms with Gasteiger partial charge in [-0.15, -0.1) is 0 Å². The maximum absolute atomic E-state index is 11.3. The lowest BCUT2D eigenvalue weighted by atomic mass is 10.0. The molecule has 0 radical (unpaired) electrons. The van der Waals surface area contributed by atoms with E-state index in [0.29, 0.717) is 0 Å². The number of nitrogens with one attached hydrogen (secondary N) is 2. The van der Waals surface area contributed by atoms with Gasteiger partial charge in [0.25, 0.3) is 0 Å². The van der Waals surface area contributed by atoms with Crippen LogP contribution in [0.1, 0.15) is 5.56 Å². The summed E-state index contributed by atoms with van der Waals surface area (Å²) in [6.07, 6.45) is 0. The van der Waals surface area contributed by atoms with Crippen molar-refractivity contribution in [3.8, 4) is 16.9 Å². The lowest BCUT2D eigenvalue weighted by molar-refractivity contribution is 0.471. The van der Waals surface area contributed by atoms with Gasteiger partial charge in [-0.2, -0.15) is 0 Å². The lowest BCUT2D eigenvalue weighted by Crippen LogP contribution is -1.99. The molecular formula is C14H12N2O2. The molecular weight excluding hydrogens is 228 g/mol. The van der Waals surface area contributed by atoms with Crippen LogP contribution in [0.25, 0.3) is 22.2 Å². The molecule has 3 aromatic rings. The number of fused-ring (bicyclic) bond motifs is 1. The molecule has 4 heteroatoms. The molecule has 0 aliphatic rings. The third kappa shape index (κ3) is 1.59. The van der Waals surface area contributed by atoms with Crippen LogP contribution in [0.4, 0.5) is 0 Å². The third-order valence-corrected chi connectivity index (χ3v) is 3.06. The van der Waals surface area contributed by atoms with Gasteiger partial charge in [-0.1, -0.05) is 18.2 Å². The maximum Gasteiger partial charge on any atom is 0.323 e. The Morgan fingerprint density at radius 1 is 1.11 bits per heavy atom. The van der Waals surface area contributed by atoms with E-state index in [1.165, 1.54) is 0 Å². The molecule has 90 valence electrons. The zero-order valence-corrected chi connectivity index (χ0v) is 9.82. The van der Waals surface area contributed by atoms with Crippen molar-refractivity contribution >= 4 is 11.0 Å². The van der Waals surface area contributed by atoms with Crippen LogP contribution in [-0.2, 0) is 0 Å². The molecule has 3 N–H and O–H groups in total. The van der Waals surface area contributed by atoms with Gasteiger partial charge in [0.2, 0.25) is 0 Å². The second-order valence-corrected chi connectivity index (χ2v) is 4.31. The predicted octanol–water partition coefficient (Wildman–Crippen LogP) is 2.54. The summed E-state index contributed by atoms with van der Waals surface area (Å²) in [6, 6.07) is 11.1. The minimum Gasteiger partial charge on any atom is -0.508 e. The van der Waals surface area contributed by atoms with Crippen LogP contribution in [0.3, 0.4) is 0 Å². The molecule has 2 aromatic carbocycles. The number of phenolic OH excluding ortho intramolecular Hbond substituents is 1. The Bertz CT molecular complexity index is 784. The Morgan fingerprint density at radius 2 is 1.94 bits per heavy atom. The molecule has 0 amide bonds. The number of H-pyrrole nitrogens is 2. The fourth-order valence-corrected chi connectivity index (χ4v) is 2.12. The van der Waals surface area contributed by atoms with Crippen LogP contribution in [0.15, 0.2) is 41.2 Å². The molecule has 0 bridgehead atoms. The molecule has 0 saturated carbocycles. The minimum atomic E-state index is -0.215. The summed E-state index contributed by atoms with van der Waals surface area (Å²) in [5.74, 6) is 0.272. The minimum absolute atomic E-state index is 0.215. The van der Waals surface area contributed by atoms with E-state index in [1.54, 1.807) is 6.07 Å². The molecule has 0 fully saturated rings. The number of hydrogen-bond donors (Lipinski definition) is 3. The molecule has 18 heavy (non-hydrogen) atoms. The summed E-state index contributed by atoms with van der Waals surface area (Å²) in [4.78, 5) is 16.9. The van der Waals surface area contributed by atoms with E-state index >= 15 is 0 Å². The van der Waals surface area contributed by atoms with E-state index in [4.69, 9.17) is 0 Å². The van der Waals surface area contributed by atoms with Crippen molar-refractivity contribution in [2.24, 2.45) is 0 Å². The number of phenols is 1. The van der Waals surface area contributed by atoms with Crippen molar-refractivity contribution in [3.05, 3.63) is 52.4 Å². The molecule has 1 aromatic heterocycles. The highest BCUT2D eigenvalue weighted by Crippen LogP contribution is 2.29. The second kappa shape index (κ2) is 3.77. The molecule has 0 spiro atoms. The van der Waals surface area contributed by atoms with Crippen LogP contribution in [0, 0.1) is 6.92 Å². The quantitative estimate of drug-likeness (QED) is 0.611. The smallest absolute Gasteiger partial charge is 0.323 e. The fourth-order valence-electron chi connectivity index (χ4n) is 2.12. The Labute approximate surface area is 103 Å². The summed E-state index contributed by atoms with van der Waals surface area (Å²) in [5, 5.41) is 9.54. The van der Waals surface area contributed by atoms with Crippen molar-refractivity contribution < 1.29 is 5.11 Å². The topological polar surface area (TPSA) is 68.9 Å². The van der Waals surface area contributed by atoms with Crippen molar-refractivity contribution in [1.29, 1.82) is 0 Å². The number of benzene rings is 2. The highest BCUT2D eigenvalue weighted by Gasteiger charge is 2.07. The Balaban J connectivity index is 2.30. The SMILES string of the molecule is Cc1cc(-c2cccc3[nH]c(=O)[nH]c23)ccc1O. The van der Waals surface area contributed by atoms with Gasteiger partial charge >= 0.3 is 5.69 Å². The van der Waals surface area contributed by atoms with Crippen molar-refractivity contribution in [2.45, 2.75) is 6.92 Å². The van der Waals surface area contributed by atoms with Crippen molar-refractivity contribution in [3.63, 3.8) is 0 Å². The van der Waals surface area contributed by atoms with E-state index in [2.05, 4.69) is 9.97 Å². The monoisotopic (exact) mass is 240 g/mol. The summed E-state index contributed by atoms with van der Waals surface area (Å²) in [7, 11) is 0. The molecule has 4 nitrogen and oxygen atoms in total. The number of aryl methyl sites for hydroxylation is 1. The van der Waals surface area contributed by atoms with Gasteiger partial charge in [0.05, 0.1) is 11.0 Å². The Hall–Kier alpha value is -2.49. The number of imidazole rings is 1. The largest absolute Gasteiger partial charge is 0.508 e. The van der Waals surface area contributed by atoms with E-state index in [0.717, 1.165) is 27.7 Å². The lowest BCUT2D eigenvalue weighted by Gasteiger charge is -2.05. The number of aromatic amines is 2. The van der Waals surface area contributed by atoms with Crippen LogP contribution >= 0.6 is 0 Å². The second-order valence-electron chi connectivity index (χ2n) is 4.31. The number of hydrogen-bond acceptors (Lipinski definition) is 2. The third-order valence-electron chi connectivity index (χ3n) is 3.06. The molecule has 1 heterocycles. The Morgan fingerprint density at radius 3 is 2.72 bits per heavy atom. The van der Waals surface area contributed by atoms with Gasteiger partial charge in [0.15, 0.2) is 0 Å². The van der Waals surface area contributed by atoms with E-state index in [-0.39, 0.29) is 11.4 Å². The average Bonchev–Trinajstić information content (AvgIpc) is 2.72. The van der Waals surface area contributed by atoms with E-state index in [9.17, 15) is 9.90 Å². The first kappa shape index (κ1) is 10.7. The van der Waals surface area contributed by atoms with Crippen LogP contribution in [0.5, 0.6) is 5.75 Å². The van der Waals surface area contributed by atoms with Crippen LogP contribution in [0.2, 0.25) is 0 Å². The zero-order chi connectivity index (χ0) is 12.7. The van der Waals surface area contributed by atoms with Gasteiger partial charge in [-0.25, -0.2) is 4.79 Å². The van der Waals surface area contributed by atoms with Gasteiger partial charge in [-0.3, -0.25) is 0 Å². The first-order valence-electron chi connectivity index (χ1n) is 5.66. The number of para-hydroxylation sites is 1. The van der Waals surface area contributed by atoms with Crippen LogP contribution < -0.4 is 5.69 Å². The van der Waals surface area contributed by atoms with Gasteiger partial charge in [-0.05, 0) is 36.2 Å². The standard InChI is InChI=1S/C14H12N2O2/c1-8-7-9(5-6-12(8)17)10-3-2-4-11-13(10)16-14(18)15-11/h2-7,17H,1H3,(H2,15,16,18). The number of aromatic hydroxyl groups is 1. The highest BCUT2D eigenvalue weighted by molar-refractivity contribution is 5.91. The summed E-state index contributed by atoms with van der Waals surface area (Å²) in [6.45, 7) is 1.85.